The number of benzene rings is 1. The number of anilines is 3. The Morgan fingerprint density at radius 3 is 2.97 bits per heavy atom. The molecule has 6 N–H and O–H groups in total. The summed E-state index contributed by atoms with van der Waals surface area (Å²) in [5.41, 5.74) is 13.1. The van der Waals surface area contributed by atoms with Crippen LogP contribution in [0.4, 0.5) is 21.8 Å². The number of fused-ring (bicyclic) bond motifs is 5. The zero-order chi connectivity index (χ0) is 20.8. The lowest BCUT2D eigenvalue weighted by Gasteiger charge is -2.35. The van der Waals surface area contributed by atoms with Crippen LogP contribution in [0.25, 0.3) is 0 Å². The summed E-state index contributed by atoms with van der Waals surface area (Å²) < 4.78 is 14.5. The summed E-state index contributed by atoms with van der Waals surface area (Å²) >= 11 is 0. The number of aromatic nitrogens is 2. The van der Waals surface area contributed by atoms with Gasteiger partial charge in [0.1, 0.15) is 0 Å². The van der Waals surface area contributed by atoms with Crippen LogP contribution in [0.15, 0.2) is 30.5 Å². The average molecular weight is 411 g/mol. The van der Waals surface area contributed by atoms with E-state index in [2.05, 4.69) is 31.5 Å². The maximum Gasteiger partial charge on any atom is 0.238 e. The normalized spacial score (nSPS) is 29.8. The molecule has 5 atom stereocenters. The van der Waals surface area contributed by atoms with Gasteiger partial charge in [-0.2, -0.15) is 4.98 Å². The fourth-order valence-corrected chi connectivity index (χ4v) is 5.11. The van der Waals surface area contributed by atoms with E-state index in [-0.39, 0.29) is 48.0 Å². The lowest BCUT2D eigenvalue weighted by Crippen LogP contribution is -2.54. The van der Waals surface area contributed by atoms with Gasteiger partial charge in [-0.1, -0.05) is 12.1 Å². The van der Waals surface area contributed by atoms with Crippen molar-refractivity contribution in [1.29, 1.82) is 0 Å². The Morgan fingerprint density at radius 2 is 2.13 bits per heavy atom. The van der Waals surface area contributed by atoms with Gasteiger partial charge in [0, 0.05) is 17.8 Å². The molecule has 5 rings (SSSR count). The van der Waals surface area contributed by atoms with Crippen molar-refractivity contribution < 1.29 is 14.0 Å². The lowest BCUT2D eigenvalue weighted by molar-refractivity contribution is -0.124. The Labute approximate surface area is 172 Å². The first-order chi connectivity index (χ1) is 14.5. The maximum absolute atomic E-state index is 14.5. The molecule has 2 aliphatic carbocycles. The smallest absolute Gasteiger partial charge is 0.238 e. The van der Waals surface area contributed by atoms with Crippen molar-refractivity contribution >= 4 is 29.3 Å². The highest BCUT2D eigenvalue weighted by molar-refractivity contribution is 5.80. The average Bonchev–Trinajstić information content (AvgIpc) is 3.27. The molecule has 3 aliphatic rings. The van der Waals surface area contributed by atoms with Crippen molar-refractivity contribution in [1.82, 2.24) is 20.8 Å². The van der Waals surface area contributed by atoms with Gasteiger partial charge in [-0.25, -0.2) is 14.8 Å². The zero-order valence-corrected chi connectivity index (χ0v) is 16.1. The molecule has 1 aromatic heterocycles. The summed E-state index contributed by atoms with van der Waals surface area (Å²) in [5, 5.41) is 6.15. The van der Waals surface area contributed by atoms with Gasteiger partial charge in [-0.05, 0) is 42.4 Å². The third-order valence-corrected chi connectivity index (χ3v) is 6.33. The van der Waals surface area contributed by atoms with Gasteiger partial charge in [0.15, 0.2) is 11.6 Å². The molecule has 6 bridgehead atoms. The number of hydrogen-bond acceptors (Lipinski definition) is 7. The van der Waals surface area contributed by atoms with Crippen LogP contribution in [-0.4, -0.2) is 33.9 Å². The maximum atomic E-state index is 14.5. The molecule has 9 nitrogen and oxygen atoms in total. The van der Waals surface area contributed by atoms with Crippen LogP contribution in [-0.2, 0) is 16.0 Å². The van der Waals surface area contributed by atoms with Crippen LogP contribution in [0.1, 0.15) is 18.4 Å². The number of rotatable bonds is 1. The predicted molar refractivity (Wildman–Crippen MR) is 107 cm³/mol. The van der Waals surface area contributed by atoms with E-state index in [4.69, 9.17) is 5.73 Å². The number of primary amides is 1. The van der Waals surface area contributed by atoms with E-state index in [9.17, 15) is 14.0 Å². The largest absolute Gasteiger partial charge is 0.369 e. The van der Waals surface area contributed by atoms with Gasteiger partial charge in [0.05, 0.1) is 18.5 Å². The van der Waals surface area contributed by atoms with Gasteiger partial charge in [-0.15, -0.1) is 0 Å². The molecule has 0 spiro atoms. The van der Waals surface area contributed by atoms with Crippen molar-refractivity contribution in [3.63, 3.8) is 0 Å². The molecular weight excluding hydrogens is 389 g/mol. The Morgan fingerprint density at radius 1 is 1.27 bits per heavy atom. The Bertz CT molecular complexity index is 1020. The second-order valence-corrected chi connectivity index (χ2v) is 8.18. The molecule has 2 saturated carbocycles. The van der Waals surface area contributed by atoms with Crippen LogP contribution in [0.3, 0.4) is 0 Å². The molecule has 0 saturated heterocycles. The van der Waals surface area contributed by atoms with E-state index in [0.29, 0.717) is 12.1 Å². The minimum absolute atomic E-state index is 0.00949. The van der Waals surface area contributed by atoms with Crippen LogP contribution >= 0.6 is 0 Å². The summed E-state index contributed by atoms with van der Waals surface area (Å²) in [6.45, 7) is 0. The minimum atomic E-state index is -0.609. The second kappa shape index (κ2) is 7.21. The predicted octanol–water partition coefficient (Wildman–Crippen LogP) is 0.827. The fraction of sp³-hybridized carbons (Fsp3) is 0.400. The van der Waals surface area contributed by atoms with Crippen molar-refractivity contribution in [3.05, 3.63) is 41.8 Å². The molecular formula is C20H22FN7O2. The molecule has 0 radical (unpaired) electrons. The first-order valence-electron chi connectivity index (χ1n) is 9.96. The fourth-order valence-electron chi connectivity index (χ4n) is 5.11. The van der Waals surface area contributed by atoms with Gasteiger partial charge < -0.3 is 16.4 Å². The summed E-state index contributed by atoms with van der Waals surface area (Å²) in [6, 6.07) is 6.86. The van der Waals surface area contributed by atoms with Gasteiger partial charge in [-0.3, -0.25) is 15.0 Å². The van der Waals surface area contributed by atoms with Crippen LogP contribution < -0.4 is 27.2 Å². The number of carbonyl (C=O) groups is 2. The van der Waals surface area contributed by atoms with E-state index in [1.807, 2.05) is 24.3 Å². The van der Waals surface area contributed by atoms with Gasteiger partial charge >= 0.3 is 0 Å². The summed E-state index contributed by atoms with van der Waals surface area (Å²) in [6.07, 6.45) is 2.76. The monoisotopic (exact) mass is 411 g/mol. The third kappa shape index (κ3) is 3.32. The lowest BCUT2D eigenvalue weighted by atomic mass is 9.81. The highest BCUT2D eigenvalue weighted by atomic mass is 19.1. The van der Waals surface area contributed by atoms with E-state index in [0.717, 1.165) is 18.2 Å². The third-order valence-electron chi connectivity index (χ3n) is 6.33. The Balaban J connectivity index is 1.53. The van der Waals surface area contributed by atoms with E-state index in [1.165, 1.54) is 0 Å². The van der Waals surface area contributed by atoms with E-state index >= 15 is 0 Å². The van der Waals surface area contributed by atoms with Crippen LogP contribution in [0.2, 0.25) is 0 Å². The van der Waals surface area contributed by atoms with Crippen molar-refractivity contribution in [3.8, 4) is 0 Å². The number of halogens is 1. The molecule has 10 heteroatoms. The molecule has 1 aliphatic heterocycles. The van der Waals surface area contributed by atoms with Crippen molar-refractivity contribution in [2.45, 2.75) is 31.3 Å². The Kier molecular flexibility index (Phi) is 4.50. The quantitative estimate of drug-likeness (QED) is 0.469. The summed E-state index contributed by atoms with van der Waals surface area (Å²) in [4.78, 5) is 32.8. The minimum Gasteiger partial charge on any atom is -0.369 e. The second-order valence-electron chi connectivity index (χ2n) is 8.18. The number of nitrogens with one attached hydrogen (secondary N) is 4. The highest BCUT2D eigenvalue weighted by Gasteiger charge is 2.55. The van der Waals surface area contributed by atoms with E-state index < -0.39 is 17.6 Å². The molecule has 1 aromatic carbocycles. The summed E-state index contributed by atoms with van der Waals surface area (Å²) in [5.74, 6) is -1.33. The molecule has 156 valence electrons. The number of nitrogens with two attached hydrogens (primary N) is 1. The molecule has 2 heterocycles. The number of carbonyl (C=O) groups excluding carboxylic acids is 2. The van der Waals surface area contributed by atoms with Crippen LogP contribution in [0.5, 0.6) is 0 Å². The number of nitrogens with zero attached hydrogens (tertiary/aromatic N) is 2. The molecule has 2 amide bonds. The number of hydrogen-bond donors (Lipinski definition) is 5. The Hall–Kier alpha value is -3.27. The molecule has 0 unspecified atom stereocenters. The van der Waals surface area contributed by atoms with E-state index in [1.54, 1.807) is 0 Å². The SMILES string of the molecule is NC(=O)[C@H]1[C@@H]2C[C@H]3[C@H]1Nc1nc(ncc1F)Nc1cccc(c1)CC(=O)NN[C@@H]3C2. The first-order valence-corrected chi connectivity index (χ1v) is 9.96. The number of hydrazine groups is 1. The first kappa shape index (κ1) is 18.7. The number of amides is 2. The molecule has 30 heavy (non-hydrogen) atoms. The zero-order valence-electron chi connectivity index (χ0n) is 16.1. The van der Waals surface area contributed by atoms with Crippen molar-refractivity contribution in [2.75, 3.05) is 10.6 Å². The molecule has 2 fully saturated rings. The summed E-state index contributed by atoms with van der Waals surface area (Å²) in [7, 11) is 0. The van der Waals surface area contributed by atoms with Crippen molar-refractivity contribution in [2.24, 2.45) is 23.5 Å². The highest BCUT2D eigenvalue weighted by Crippen LogP contribution is 2.49. The standard InChI is InChI=1S/C20H22FN7O2/c21-13-8-23-20-24-11-3-1-2-9(4-11)5-15(29)28-27-14-7-10-6-12(14)17(16(10)18(22)30)25-19(13)26-20/h1-4,8,10,12,14,16-17,27H,5-7H2,(H2,22,30)(H,28,29)(H2,23,24,25,26)/t10-,12-,14-,16+,17-/m1/s1. The van der Waals surface area contributed by atoms with Gasteiger partial charge in [0.25, 0.3) is 0 Å². The topological polar surface area (TPSA) is 134 Å². The molecule has 2 aromatic rings. The van der Waals surface area contributed by atoms with Crippen LogP contribution in [0, 0.1) is 23.6 Å². The van der Waals surface area contributed by atoms with Gasteiger partial charge in [0.2, 0.25) is 17.8 Å².